The summed E-state index contributed by atoms with van der Waals surface area (Å²) >= 11 is 0. The van der Waals surface area contributed by atoms with E-state index in [0.29, 0.717) is 5.39 Å². The lowest BCUT2D eigenvalue weighted by atomic mass is 10.1. The molecule has 21 heavy (non-hydrogen) atoms. The minimum Gasteiger partial charge on any atom is -0.369 e. The third-order valence-corrected chi connectivity index (χ3v) is 2.77. The number of amides is 1. The molecule has 0 aliphatic carbocycles. The fourth-order valence-electron chi connectivity index (χ4n) is 1.78. The Hall–Kier alpha value is -2.54. The van der Waals surface area contributed by atoms with Gasteiger partial charge in [0.2, 0.25) is 0 Å². The van der Waals surface area contributed by atoms with Crippen molar-refractivity contribution >= 4 is 28.2 Å². The molecule has 7 heteroatoms. The van der Waals surface area contributed by atoms with Gasteiger partial charge in [-0.05, 0) is 31.4 Å². The van der Waals surface area contributed by atoms with E-state index in [-0.39, 0.29) is 30.1 Å². The highest BCUT2D eigenvalue weighted by molar-refractivity contribution is 6.01. The number of hydrogen-bond acceptors (Lipinski definition) is 5. The molecule has 2 rings (SSSR count). The number of carbonyl (C=O) groups excluding carboxylic acids is 1. The van der Waals surface area contributed by atoms with Crippen molar-refractivity contribution in [2.45, 2.75) is 20.0 Å². The van der Waals surface area contributed by atoms with Crippen molar-refractivity contribution in [3.8, 4) is 0 Å². The van der Waals surface area contributed by atoms with E-state index in [4.69, 9.17) is 4.74 Å². The summed E-state index contributed by atoms with van der Waals surface area (Å²) in [5.74, 6) is -0.0660. The first kappa shape index (κ1) is 14.9. The van der Waals surface area contributed by atoms with Gasteiger partial charge in [-0.15, -0.1) is 0 Å². The summed E-state index contributed by atoms with van der Waals surface area (Å²) in [4.78, 5) is 26.2. The maximum atomic E-state index is 11.8. The molecule has 0 saturated heterocycles. The van der Waals surface area contributed by atoms with E-state index in [1.807, 2.05) is 13.8 Å². The normalized spacial score (nSPS) is 10.8. The zero-order valence-electron chi connectivity index (χ0n) is 11.7. The summed E-state index contributed by atoms with van der Waals surface area (Å²) in [5, 5.41) is 14.7. The lowest BCUT2D eigenvalue weighted by Crippen LogP contribution is -2.21. The van der Waals surface area contributed by atoms with Crippen LogP contribution in [0.3, 0.4) is 0 Å². The number of nitrogens with zero attached hydrogens (tertiary/aromatic N) is 2. The Bertz CT molecular complexity index is 685. The molecule has 0 saturated carbocycles. The second kappa shape index (κ2) is 6.27. The van der Waals surface area contributed by atoms with Crippen LogP contribution >= 0.6 is 0 Å². The zero-order valence-corrected chi connectivity index (χ0v) is 11.7. The summed E-state index contributed by atoms with van der Waals surface area (Å²) in [5.41, 5.74) is -0.0515. The maximum absolute atomic E-state index is 11.8. The fourth-order valence-corrected chi connectivity index (χ4v) is 1.78. The molecule has 1 aromatic carbocycles. The minimum absolute atomic E-state index is 0.0515. The third kappa shape index (κ3) is 3.73. The van der Waals surface area contributed by atoms with Gasteiger partial charge in [0.1, 0.15) is 12.4 Å². The van der Waals surface area contributed by atoms with Crippen molar-refractivity contribution in [3.05, 3.63) is 40.6 Å². The van der Waals surface area contributed by atoms with Crippen LogP contribution in [0.1, 0.15) is 13.8 Å². The predicted molar refractivity (Wildman–Crippen MR) is 78.1 cm³/mol. The largest absolute Gasteiger partial charge is 0.369 e. The number of pyridine rings is 1. The molecule has 1 aromatic heterocycles. The summed E-state index contributed by atoms with van der Waals surface area (Å²) in [6, 6.07) is 6.14. The van der Waals surface area contributed by atoms with Crippen LogP contribution in [0.5, 0.6) is 0 Å². The number of fused-ring (bicyclic) bond motifs is 1. The number of nitrogens with one attached hydrogen (secondary N) is 1. The first-order valence-corrected chi connectivity index (χ1v) is 6.42. The Morgan fingerprint density at radius 2 is 2.19 bits per heavy atom. The van der Waals surface area contributed by atoms with Gasteiger partial charge >= 0.3 is 0 Å². The number of benzene rings is 1. The molecule has 0 aliphatic heterocycles. The van der Waals surface area contributed by atoms with Gasteiger partial charge in [0, 0.05) is 23.7 Å². The van der Waals surface area contributed by atoms with E-state index in [1.54, 1.807) is 12.1 Å². The lowest BCUT2D eigenvalue weighted by molar-refractivity contribution is -0.384. The minimum atomic E-state index is -0.486. The van der Waals surface area contributed by atoms with Crippen LogP contribution in [0.4, 0.5) is 11.5 Å². The number of hydrogen-bond donors (Lipinski definition) is 1. The Labute approximate surface area is 121 Å². The van der Waals surface area contributed by atoms with Gasteiger partial charge in [0.05, 0.1) is 11.0 Å². The monoisotopic (exact) mass is 289 g/mol. The second-order valence-electron chi connectivity index (χ2n) is 4.73. The van der Waals surface area contributed by atoms with Crippen molar-refractivity contribution in [1.29, 1.82) is 0 Å². The van der Waals surface area contributed by atoms with Crippen molar-refractivity contribution in [3.63, 3.8) is 0 Å². The van der Waals surface area contributed by atoms with E-state index in [0.717, 1.165) is 5.39 Å². The Morgan fingerprint density at radius 1 is 1.43 bits per heavy atom. The quantitative estimate of drug-likeness (QED) is 0.674. The summed E-state index contributed by atoms with van der Waals surface area (Å²) in [6.07, 6.45) is 1.48. The number of nitro benzene ring substituents is 1. The molecular formula is C14H15N3O4. The molecule has 2 aromatic rings. The highest BCUT2D eigenvalue weighted by Crippen LogP contribution is 2.25. The summed E-state index contributed by atoms with van der Waals surface area (Å²) < 4.78 is 5.20. The topological polar surface area (TPSA) is 94.4 Å². The van der Waals surface area contributed by atoms with Gasteiger partial charge in [-0.3, -0.25) is 14.9 Å². The van der Waals surface area contributed by atoms with Gasteiger partial charge in [0.15, 0.2) is 0 Å². The first-order chi connectivity index (χ1) is 9.97. The Kier molecular flexibility index (Phi) is 4.44. The highest BCUT2D eigenvalue weighted by Gasteiger charge is 2.12. The molecule has 1 heterocycles. The molecule has 7 nitrogen and oxygen atoms in total. The van der Waals surface area contributed by atoms with E-state index in [1.165, 1.54) is 18.3 Å². The number of carbonyl (C=O) groups is 1. The van der Waals surface area contributed by atoms with Crippen LogP contribution in [0.25, 0.3) is 10.8 Å². The van der Waals surface area contributed by atoms with E-state index < -0.39 is 4.92 Å². The molecule has 0 aliphatic rings. The fraction of sp³-hybridized carbons (Fsp3) is 0.286. The molecule has 1 amide bonds. The van der Waals surface area contributed by atoms with Gasteiger partial charge in [0.25, 0.3) is 11.6 Å². The third-order valence-electron chi connectivity index (χ3n) is 2.77. The number of ether oxygens (including phenoxy) is 1. The number of aromatic nitrogens is 1. The molecule has 0 unspecified atom stereocenters. The van der Waals surface area contributed by atoms with E-state index in [9.17, 15) is 14.9 Å². The summed E-state index contributed by atoms with van der Waals surface area (Å²) in [7, 11) is 0. The summed E-state index contributed by atoms with van der Waals surface area (Å²) in [6.45, 7) is 3.56. The number of rotatable bonds is 5. The molecule has 110 valence electrons. The molecule has 0 fully saturated rings. The highest BCUT2D eigenvalue weighted by atomic mass is 16.6. The molecule has 0 spiro atoms. The van der Waals surface area contributed by atoms with Crippen LogP contribution < -0.4 is 5.32 Å². The average molecular weight is 289 g/mol. The molecule has 1 N–H and O–H groups in total. The van der Waals surface area contributed by atoms with Crippen LogP contribution in [0.15, 0.2) is 30.5 Å². The van der Waals surface area contributed by atoms with Gasteiger partial charge < -0.3 is 10.1 Å². The van der Waals surface area contributed by atoms with Crippen LogP contribution in [-0.4, -0.2) is 28.5 Å². The molecular weight excluding hydrogens is 274 g/mol. The van der Waals surface area contributed by atoms with Crippen molar-refractivity contribution in [2.24, 2.45) is 0 Å². The van der Waals surface area contributed by atoms with Crippen molar-refractivity contribution < 1.29 is 14.5 Å². The lowest BCUT2D eigenvalue weighted by Gasteiger charge is -2.09. The van der Waals surface area contributed by atoms with Gasteiger partial charge in [-0.1, -0.05) is 0 Å². The predicted octanol–water partition coefficient (Wildman–Crippen LogP) is 2.51. The van der Waals surface area contributed by atoms with Crippen LogP contribution in [0.2, 0.25) is 0 Å². The van der Waals surface area contributed by atoms with Crippen molar-refractivity contribution in [1.82, 2.24) is 4.98 Å². The Morgan fingerprint density at radius 3 is 2.86 bits per heavy atom. The van der Waals surface area contributed by atoms with Gasteiger partial charge in [-0.2, -0.15) is 0 Å². The average Bonchev–Trinajstić information content (AvgIpc) is 2.45. The Balaban J connectivity index is 2.28. The van der Waals surface area contributed by atoms with E-state index >= 15 is 0 Å². The zero-order chi connectivity index (χ0) is 15.4. The standard InChI is InChI=1S/C14H15N3O4/c1-9(2)21-8-13(18)16-14-12-7-11(17(19)20)4-3-10(12)5-6-15-14/h3-7,9H,8H2,1-2H3,(H,15,16,18). The molecule has 0 bridgehead atoms. The first-order valence-electron chi connectivity index (χ1n) is 6.42. The van der Waals surface area contributed by atoms with Crippen LogP contribution in [-0.2, 0) is 9.53 Å². The van der Waals surface area contributed by atoms with Crippen molar-refractivity contribution in [2.75, 3.05) is 11.9 Å². The van der Waals surface area contributed by atoms with E-state index in [2.05, 4.69) is 10.3 Å². The SMILES string of the molecule is CC(C)OCC(=O)Nc1nccc2ccc([N+](=O)[O-])cc12. The smallest absolute Gasteiger partial charge is 0.270 e. The molecule has 0 atom stereocenters. The number of anilines is 1. The number of nitro groups is 1. The van der Waals surface area contributed by atoms with Crippen LogP contribution in [0, 0.1) is 10.1 Å². The number of non-ortho nitro benzene ring substituents is 1. The maximum Gasteiger partial charge on any atom is 0.270 e. The second-order valence-corrected chi connectivity index (χ2v) is 4.73. The van der Waals surface area contributed by atoms with Gasteiger partial charge in [-0.25, -0.2) is 4.98 Å². The molecule has 0 radical (unpaired) electrons.